The van der Waals surface area contributed by atoms with E-state index in [1.807, 2.05) is 0 Å². The van der Waals surface area contributed by atoms with E-state index in [0.29, 0.717) is 11.3 Å². The van der Waals surface area contributed by atoms with E-state index in [1.54, 1.807) is 11.1 Å². The summed E-state index contributed by atoms with van der Waals surface area (Å²) < 4.78 is 0. The maximum Gasteiger partial charge on any atom is -0.00463 e. The number of fused-ring (bicyclic) bond motifs is 1. The Morgan fingerprint density at radius 3 is 2.38 bits per heavy atom. The molecule has 0 amide bonds. The van der Waals surface area contributed by atoms with Gasteiger partial charge < -0.3 is 0 Å². The molecule has 0 fully saturated rings. The molecular weight excluding hydrogens is 192 g/mol. The molecule has 1 aliphatic rings. The molecule has 0 aromatic heterocycles. The molecule has 0 saturated carbocycles. The van der Waals surface area contributed by atoms with E-state index < -0.39 is 0 Å². The van der Waals surface area contributed by atoms with Crippen molar-refractivity contribution < 1.29 is 0 Å². The van der Waals surface area contributed by atoms with E-state index in [9.17, 15) is 0 Å². The molecule has 2 rings (SSSR count). The van der Waals surface area contributed by atoms with Crippen molar-refractivity contribution in [1.29, 1.82) is 0 Å². The van der Waals surface area contributed by atoms with Crippen molar-refractivity contribution in [3.63, 3.8) is 0 Å². The Balaban J connectivity index is 2.48. The van der Waals surface area contributed by atoms with E-state index in [1.165, 1.54) is 18.4 Å². The molecule has 1 aromatic carbocycles. The van der Waals surface area contributed by atoms with Gasteiger partial charge in [0, 0.05) is 0 Å². The van der Waals surface area contributed by atoms with Gasteiger partial charge in [-0.05, 0) is 46.8 Å². The average molecular weight is 216 g/mol. The van der Waals surface area contributed by atoms with Crippen LogP contribution in [0.3, 0.4) is 0 Å². The highest BCUT2D eigenvalue weighted by atomic mass is 14.4. The second kappa shape index (κ2) is 3.91. The van der Waals surface area contributed by atoms with Gasteiger partial charge in [-0.15, -0.1) is 0 Å². The van der Waals surface area contributed by atoms with Crippen molar-refractivity contribution in [2.75, 3.05) is 0 Å². The molecule has 1 aromatic rings. The van der Waals surface area contributed by atoms with Crippen LogP contribution in [0.2, 0.25) is 0 Å². The number of benzene rings is 1. The van der Waals surface area contributed by atoms with Crippen molar-refractivity contribution in [2.24, 2.45) is 5.92 Å². The minimum absolute atomic E-state index is 0.403. The van der Waals surface area contributed by atoms with Gasteiger partial charge in [-0.2, -0.15) is 0 Å². The first-order valence-corrected chi connectivity index (χ1v) is 6.58. The van der Waals surface area contributed by atoms with Crippen LogP contribution in [0.1, 0.15) is 63.6 Å². The molecule has 0 radical (unpaired) electrons. The fraction of sp³-hybridized carbons (Fsp3) is 0.625. The second-order valence-corrected chi connectivity index (χ2v) is 6.14. The lowest BCUT2D eigenvalue weighted by Gasteiger charge is -2.30. The first kappa shape index (κ1) is 11.7. The van der Waals surface area contributed by atoms with Crippen molar-refractivity contribution in [1.82, 2.24) is 0 Å². The SMILES string of the molecule is CC(C)c1ccc2c(c1)C(C)(C(C)C)CC2. The van der Waals surface area contributed by atoms with Crippen molar-refractivity contribution in [3.8, 4) is 0 Å². The van der Waals surface area contributed by atoms with Gasteiger partial charge in [-0.1, -0.05) is 52.8 Å². The molecule has 1 aliphatic carbocycles. The van der Waals surface area contributed by atoms with Crippen molar-refractivity contribution in [2.45, 2.75) is 58.8 Å². The molecule has 0 nitrogen and oxygen atoms in total. The fourth-order valence-corrected chi connectivity index (χ4v) is 2.83. The highest BCUT2D eigenvalue weighted by Crippen LogP contribution is 2.44. The maximum absolute atomic E-state index is 2.47. The van der Waals surface area contributed by atoms with Crippen LogP contribution >= 0.6 is 0 Å². The predicted molar refractivity (Wildman–Crippen MR) is 71.0 cm³/mol. The van der Waals surface area contributed by atoms with Gasteiger partial charge >= 0.3 is 0 Å². The Kier molecular flexibility index (Phi) is 2.86. The summed E-state index contributed by atoms with van der Waals surface area (Å²) in [5.74, 6) is 1.37. The van der Waals surface area contributed by atoms with Gasteiger partial charge in [0.25, 0.3) is 0 Å². The molecule has 0 heterocycles. The Hall–Kier alpha value is -0.780. The summed E-state index contributed by atoms with van der Waals surface area (Å²) >= 11 is 0. The van der Waals surface area contributed by atoms with Gasteiger partial charge in [-0.3, -0.25) is 0 Å². The third-order valence-electron chi connectivity index (χ3n) is 4.60. The standard InChI is InChI=1S/C16H24/c1-11(2)14-7-6-13-8-9-16(5,12(3)4)15(13)10-14/h6-7,10-12H,8-9H2,1-5H3. The van der Waals surface area contributed by atoms with Crippen LogP contribution in [-0.2, 0) is 11.8 Å². The summed E-state index contributed by atoms with van der Waals surface area (Å²) in [6.45, 7) is 11.7. The minimum Gasteiger partial charge on any atom is -0.0619 e. The maximum atomic E-state index is 2.47. The molecule has 0 N–H and O–H groups in total. The topological polar surface area (TPSA) is 0 Å². The third kappa shape index (κ3) is 1.69. The average Bonchev–Trinajstić information content (AvgIpc) is 2.57. The highest BCUT2D eigenvalue weighted by Gasteiger charge is 2.36. The summed E-state index contributed by atoms with van der Waals surface area (Å²) in [6, 6.07) is 7.14. The van der Waals surface area contributed by atoms with Crippen LogP contribution in [0.25, 0.3) is 0 Å². The fourth-order valence-electron chi connectivity index (χ4n) is 2.83. The minimum atomic E-state index is 0.403. The van der Waals surface area contributed by atoms with Crippen LogP contribution in [0.4, 0.5) is 0 Å². The van der Waals surface area contributed by atoms with Crippen LogP contribution in [-0.4, -0.2) is 0 Å². The van der Waals surface area contributed by atoms with Gasteiger partial charge in [0.2, 0.25) is 0 Å². The highest BCUT2D eigenvalue weighted by molar-refractivity contribution is 5.42. The zero-order chi connectivity index (χ0) is 11.9. The molecule has 0 saturated heterocycles. The van der Waals surface area contributed by atoms with E-state index in [4.69, 9.17) is 0 Å². The quantitative estimate of drug-likeness (QED) is 0.674. The van der Waals surface area contributed by atoms with Gasteiger partial charge in [0.1, 0.15) is 0 Å². The zero-order valence-corrected chi connectivity index (χ0v) is 11.3. The van der Waals surface area contributed by atoms with Gasteiger partial charge in [-0.25, -0.2) is 0 Å². The zero-order valence-electron chi connectivity index (χ0n) is 11.3. The van der Waals surface area contributed by atoms with E-state index in [2.05, 4.69) is 52.8 Å². The summed E-state index contributed by atoms with van der Waals surface area (Å²) in [7, 11) is 0. The Morgan fingerprint density at radius 2 is 1.81 bits per heavy atom. The summed E-state index contributed by atoms with van der Waals surface area (Å²) in [5.41, 5.74) is 5.10. The van der Waals surface area contributed by atoms with Crippen LogP contribution in [0.5, 0.6) is 0 Å². The molecule has 1 unspecified atom stereocenters. The Labute approximate surface area is 100 Å². The van der Waals surface area contributed by atoms with E-state index >= 15 is 0 Å². The number of aryl methyl sites for hydroxylation is 1. The lowest BCUT2D eigenvalue weighted by molar-refractivity contribution is 0.336. The molecule has 0 heteroatoms. The van der Waals surface area contributed by atoms with Crippen molar-refractivity contribution >= 4 is 0 Å². The number of hydrogen-bond donors (Lipinski definition) is 0. The van der Waals surface area contributed by atoms with Gasteiger partial charge in [0.15, 0.2) is 0 Å². The van der Waals surface area contributed by atoms with Crippen LogP contribution in [0.15, 0.2) is 18.2 Å². The molecule has 0 aliphatic heterocycles. The molecule has 0 spiro atoms. The third-order valence-corrected chi connectivity index (χ3v) is 4.60. The molecule has 0 bridgehead atoms. The summed E-state index contributed by atoms with van der Waals surface area (Å²) in [5, 5.41) is 0. The van der Waals surface area contributed by atoms with Crippen LogP contribution in [0, 0.1) is 5.92 Å². The van der Waals surface area contributed by atoms with Crippen molar-refractivity contribution in [3.05, 3.63) is 34.9 Å². The molecule has 16 heavy (non-hydrogen) atoms. The molecule has 88 valence electrons. The second-order valence-electron chi connectivity index (χ2n) is 6.14. The summed E-state index contributed by atoms with van der Waals surface area (Å²) in [4.78, 5) is 0. The largest absolute Gasteiger partial charge is 0.0619 e. The van der Waals surface area contributed by atoms with E-state index in [-0.39, 0.29) is 0 Å². The smallest absolute Gasteiger partial charge is 0.00463 e. The van der Waals surface area contributed by atoms with Crippen LogP contribution < -0.4 is 0 Å². The molecule has 1 atom stereocenters. The lowest BCUT2D eigenvalue weighted by Crippen LogP contribution is -2.25. The normalized spacial score (nSPS) is 24.2. The van der Waals surface area contributed by atoms with E-state index in [0.717, 1.165) is 5.92 Å². The Morgan fingerprint density at radius 1 is 1.12 bits per heavy atom. The van der Waals surface area contributed by atoms with Gasteiger partial charge in [0.05, 0.1) is 0 Å². The Bertz CT molecular complexity index is 387. The number of hydrogen-bond acceptors (Lipinski definition) is 0. The predicted octanol–water partition coefficient (Wildman–Crippen LogP) is 4.67. The first-order valence-electron chi connectivity index (χ1n) is 6.58. The monoisotopic (exact) mass is 216 g/mol. The number of rotatable bonds is 2. The molecular formula is C16H24. The lowest BCUT2D eigenvalue weighted by atomic mass is 9.74. The summed E-state index contributed by atoms with van der Waals surface area (Å²) in [6.07, 6.45) is 2.59. The first-order chi connectivity index (χ1) is 7.45.